The molecule has 2 N–H and O–H groups in total. The van der Waals surface area contributed by atoms with Crippen LogP contribution in [0.4, 0.5) is 5.82 Å². The zero-order valence-corrected chi connectivity index (χ0v) is 22.9. The minimum Gasteiger partial charge on any atom is -0.497 e. The van der Waals surface area contributed by atoms with E-state index < -0.39 is 35.7 Å². The summed E-state index contributed by atoms with van der Waals surface area (Å²) in [6.07, 6.45) is 2.81. The molecule has 202 valence electrons. The molecule has 0 spiro atoms. The van der Waals surface area contributed by atoms with Crippen LogP contribution in [0.1, 0.15) is 39.6 Å². The Labute approximate surface area is 228 Å². The van der Waals surface area contributed by atoms with Crippen LogP contribution < -0.4 is 10.6 Å². The van der Waals surface area contributed by atoms with Crippen molar-refractivity contribution in [3.05, 3.63) is 44.5 Å². The van der Waals surface area contributed by atoms with Crippen LogP contribution in [0.15, 0.2) is 18.3 Å². The van der Waals surface area contributed by atoms with Gasteiger partial charge in [0.2, 0.25) is 5.91 Å². The summed E-state index contributed by atoms with van der Waals surface area (Å²) in [5.74, 6) is -3.20. The molecule has 1 saturated carbocycles. The number of hydrogen-bond donors (Lipinski definition) is 2. The lowest BCUT2D eigenvalue weighted by atomic mass is 9.81. The average molecular weight is 561 g/mol. The van der Waals surface area contributed by atoms with Crippen molar-refractivity contribution in [2.24, 2.45) is 5.92 Å². The predicted octanol–water partition coefficient (Wildman–Crippen LogP) is 1.73. The SMILES string of the molecule is CN1CCc2nc(C(=O)N[C@@H]3C[C@@H](C(=O)N(C)C)CC[C@@H]3[N+](=[N-])C(=O)C(=O)Nc3ccc(Cl)cn3)sc2C1. The molecule has 3 heterocycles. The molecule has 4 amide bonds. The molecule has 14 heteroatoms. The molecule has 0 radical (unpaired) electrons. The van der Waals surface area contributed by atoms with Gasteiger partial charge in [-0.3, -0.25) is 19.7 Å². The summed E-state index contributed by atoms with van der Waals surface area (Å²) >= 11 is 7.10. The third kappa shape index (κ3) is 6.22. The highest BCUT2D eigenvalue weighted by atomic mass is 35.5. The number of halogens is 1. The van der Waals surface area contributed by atoms with Crippen LogP contribution in [0.25, 0.3) is 5.53 Å². The highest BCUT2D eigenvalue weighted by molar-refractivity contribution is 7.13. The van der Waals surface area contributed by atoms with Gasteiger partial charge in [0.15, 0.2) is 11.0 Å². The Morgan fingerprint density at radius 2 is 2.00 bits per heavy atom. The third-order valence-electron chi connectivity index (χ3n) is 6.72. The number of nitrogens with zero attached hydrogens (tertiary/aromatic N) is 6. The third-order valence-corrected chi connectivity index (χ3v) is 8.03. The van der Waals surface area contributed by atoms with Crippen molar-refractivity contribution in [1.82, 2.24) is 25.1 Å². The van der Waals surface area contributed by atoms with Crippen molar-refractivity contribution < 1.29 is 23.9 Å². The Morgan fingerprint density at radius 1 is 1.24 bits per heavy atom. The topological polar surface area (TPSA) is 150 Å². The lowest BCUT2D eigenvalue weighted by Crippen LogP contribution is -2.55. The van der Waals surface area contributed by atoms with Crippen molar-refractivity contribution in [2.75, 3.05) is 33.0 Å². The second-order valence-electron chi connectivity index (χ2n) is 9.73. The van der Waals surface area contributed by atoms with Gasteiger partial charge in [0.1, 0.15) is 5.82 Å². The van der Waals surface area contributed by atoms with Gasteiger partial charge in [-0.05, 0) is 32.0 Å². The van der Waals surface area contributed by atoms with E-state index in [4.69, 9.17) is 11.6 Å². The molecule has 0 saturated heterocycles. The van der Waals surface area contributed by atoms with Crippen LogP contribution in [-0.2, 0) is 27.3 Å². The van der Waals surface area contributed by atoms with E-state index in [2.05, 4.69) is 25.5 Å². The second-order valence-corrected chi connectivity index (χ2v) is 11.3. The van der Waals surface area contributed by atoms with Crippen LogP contribution in [0.2, 0.25) is 5.02 Å². The Kier molecular flexibility index (Phi) is 8.48. The molecule has 3 atom stereocenters. The number of fused-ring (bicyclic) bond motifs is 1. The molecule has 0 bridgehead atoms. The number of carbonyl (C=O) groups is 4. The molecule has 1 fully saturated rings. The maximum atomic E-state index is 13.2. The van der Waals surface area contributed by atoms with Gasteiger partial charge in [0, 0.05) is 57.0 Å². The zero-order valence-electron chi connectivity index (χ0n) is 21.3. The van der Waals surface area contributed by atoms with E-state index >= 15 is 0 Å². The molecular weight excluding hydrogens is 532 g/mol. The molecule has 2 aromatic heterocycles. The Hall–Kier alpha value is -3.29. The molecule has 1 aliphatic heterocycles. The minimum absolute atomic E-state index is 0.0877. The Balaban J connectivity index is 1.50. The average Bonchev–Trinajstić information content (AvgIpc) is 3.32. The number of nitrogens with one attached hydrogen (secondary N) is 2. The summed E-state index contributed by atoms with van der Waals surface area (Å²) < 4.78 is 0.342. The quantitative estimate of drug-likeness (QED) is 0.321. The zero-order chi connectivity index (χ0) is 27.6. The number of hydrogen-bond acceptors (Lipinski definition) is 8. The van der Waals surface area contributed by atoms with E-state index in [1.807, 2.05) is 7.05 Å². The van der Waals surface area contributed by atoms with Gasteiger partial charge in [0.25, 0.3) is 5.91 Å². The van der Waals surface area contributed by atoms with Crippen LogP contribution in [0, 0.1) is 5.92 Å². The smallest absolute Gasteiger partial charge is 0.466 e. The first-order valence-corrected chi connectivity index (χ1v) is 13.4. The largest absolute Gasteiger partial charge is 0.497 e. The lowest BCUT2D eigenvalue weighted by Gasteiger charge is -2.35. The summed E-state index contributed by atoms with van der Waals surface area (Å²) in [6.45, 7) is 1.56. The van der Waals surface area contributed by atoms with Gasteiger partial charge in [0.05, 0.1) is 16.8 Å². The fourth-order valence-electron chi connectivity index (χ4n) is 4.72. The fourth-order valence-corrected chi connectivity index (χ4v) is 5.92. The van der Waals surface area contributed by atoms with Gasteiger partial charge in [-0.1, -0.05) is 11.6 Å². The molecule has 4 rings (SSSR count). The predicted molar refractivity (Wildman–Crippen MR) is 140 cm³/mol. The van der Waals surface area contributed by atoms with Crippen LogP contribution >= 0.6 is 22.9 Å². The summed E-state index contributed by atoms with van der Waals surface area (Å²) in [5, 5.41) is 5.84. The van der Waals surface area contributed by atoms with E-state index in [1.54, 1.807) is 14.1 Å². The standard InChI is InChI=1S/C24H29ClN8O4S/c1-31(2)23(36)13-4-6-17(33(26)24(37)21(35)30-19-7-5-14(25)11-27-19)16(10-13)28-20(34)22-29-15-8-9-32(3)12-18(15)38-22/h5,7,11,13,16-17H,4,6,8-10,12H2,1-3H3,(H,28,34)(H,27,30,35)/t13-,16+,17-/m0/s1. The number of thiazole rings is 1. The van der Waals surface area contributed by atoms with Crippen molar-refractivity contribution >= 4 is 52.4 Å². The van der Waals surface area contributed by atoms with Crippen molar-refractivity contribution in [3.63, 3.8) is 0 Å². The summed E-state index contributed by atoms with van der Waals surface area (Å²) in [5.41, 5.74) is 11.7. The number of carbonyl (C=O) groups excluding carboxylic acids is 4. The molecule has 1 aliphatic carbocycles. The first kappa shape index (κ1) is 27.7. The molecule has 0 aromatic carbocycles. The summed E-state index contributed by atoms with van der Waals surface area (Å²) in [7, 11) is 5.30. The number of amides is 4. The van der Waals surface area contributed by atoms with Crippen LogP contribution in [0.3, 0.4) is 0 Å². The van der Waals surface area contributed by atoms with Gasteiger partial charge in [-0.25, -0.2) is 19.5 Å². The van der Waals surface area contributed by atoms with Gasteiger partial charge in [-0.15, -0.1) is 11.3 Å². The number of aromatic nitrogens is 2. The Morgan fingerprint density at radius 3 is 2.68 bits per heavy atom. The van der Waals surface area contributed by atoms with Gasteiger partial charge in [-0.2, -0.15) is 0 Å². The number of likely N-dealkylation sites (N-methyl/N-ethyl adjacent to an activating group) is 1. The van der Waals surface area contributed by atoms with E-state index in [0.29, 0.717) is 22.7 Å². The molecule has 38 heavy (non-hydrogen) atoms. The van der Waals surface area contributed by atoms with Gasteiger partial charge < -0.3 is 20.6 Å². The normalized spacial score (nSPS) is 21.2. The first-order valence-electron chi connectivity index (χ1n) is 12.2. The maximum absolute atomic E-state index is 13.2. The monoisotopic (exact) mass is 560 g/mol. The summed E-state index contributed by atoms with van der Waals surface area (Å²) in [6, 6.07) is 1.20. The minimum atomic E-state index is -1.21. The van der Waals surface area contributed by atoms with E-state index in [-0.39, 0.29) is 29.6 Å². The van der Waals surface area contributed by atoms with E-state index in [1.165, 1.54) is 34.6 Å². The first-order chi connectivity index (χ1) is 18.0. The Bertz CT molecular complexity index is 1260. The lowest BCUT2D eigenvalue weighted by molar-refractivity contribution is -0.511. The molecular formula is C24H29ClN8O4S. The number of pyridine rings is 1. The number of anilines is 1. The second kappa shape index (κ2) is 11.6. The van der Waals surface area contributed by atoms with Crippen molar-refractivity contribution in [3.8, 4) is 0 Å². The van der Waals surface area contributed by atoms with E-state index in [0.717, 1.165) is 23.5 Å². The maximum Gasteiger partial charge on any atom is 0.466 e. The van der Waals surface area contributed by atoms with Crippen LogP contribution in [0.5, 0.6) is 0 Å². The molecule has 0 unspecified atom stereocenters. The molecule has 2 aromatic rings. The van der Waals surface area contributed by atoms with Crippen LogP contribution in [-0.4, -0.2) is 87.9 Å². The van der Waals surface area contributed by atoms with E-state index in [9.17, 15) is 24.7 Å². The highest BCUT2D eigenvalue weighted by Crippen LogP contribution is 2.30. The fraction of sp³-hybridized carbons (Fsp3) is 0.500. The molecule has 12 nitrogen and oxygen atoms in total. The molecule has 2 aliphatic rings. The number of rotatable bonds is 5. The van der Waals surface area contributed by atoms with Gasteiger partial charge >= 0.3 is 11.8 Å². The van der Waals surface area contributed by atoms with Crippen molar-refractivity contribution in [2.45, 2.75) is 44.3 Å². The summed E-state index contributed by atoms with van der Waals surface area (Å²) in [4.78, 5) is 64.3. The van der Waals surface area contributed by atoms with Crippen molar-refractivity contribution in [1.29, 1.82) is 0 Å². The highest BCUT2D eigenvalue weighted by Gasteiger charge is 2.43.